The molecule has 0 radical (unpaired) electrons. The van der Waals surface area contributed by atoms with Crippen LogP contribution in [-0.4, -0.2) is 12.3 Å². The third-order valence-corrected chi connectivity index (χ3v) is 2.68. The minimum atomic E-state index is -1.02. The van der Waals surface area contributed by atoms with E-state index in [0.717, 1.165) is 5.56 Å². The maximum Gasteiger partial charge on any atom is 0.231 e. The van der Waals surface area contributed by atoms with Gasteiger partial charge in [-0.2, -0.15) is 0 Å². The van der Waals surface area contributed by atoms with Crippen molar-refractivity contribution in [2.75, 3.05) is 6.79 Å². The SMILES string of the molecule is CC(F)c1cc(CC(C)(C)N)c2c(c1)OCO2. The molecule has 3 nitrogen and oxygen atoms in total. The zero-order valence-corrected chi connectivity index (χ0v) is 10.4. The second-order valence-corrected chi connectivity index (χ2v) is 5.20. The summed E-state index contributed by atoms with van der Waals surface area (Å²) in [6.07, 6.45) is -0.400. The predicted molar refractivity (Wildman–Crippen MR) is 64.1 cm³/mol. The van der Waals surface area contributed by atoms with E-state index in [2.05, 4.69) is 0 Å². The van der Waals surface area contributed by atoms with Crippen LogP contribution in [0, 0.1) is 0 Å². The Bertz CT molecular complexity index is 424. The fourth-order valence-electron chi connectivity index (χ4n) is 1.96. The van der Waals surface area contributed by atoms with E-state index in [9.17, 15) is 4.39 Å². The first-order chi connectivity index (χ1) is 7.87. The van der Waals surface area contributed by atoms with Crippen LogP contribution >= 0.6 is 0 Å². The van der Waals surface area contributed by atoms with Crippen molar-refractivity contribution in [3.63, 3.8) is 0 Å². The van der Waals surface area contributed by atoms with E-state index in [1.54, 1.807) is 6.07 Å². The maximum atomic E-state index is 13.4. The first kappa shape index (κ1) is 12.2. The van der Waals surface area contributed by atoms with Gasteiger partial charge in [0.2, 0.25) is 6.79 Å². The van der Waals surface area contributed by atoms with E-state index in [1.807, 2.05) is 19.9 Å². The fourth-order valence-corrected chi connectivity index (χ4v) is 1.96. The third kappa shape index (κ3) is 2.69. The molecule has 1 aromatic carbocycles. The summed E-state index contributed by atoms with van der Waals surface area (Å²) in [7, 11) is 0. The molecule has 0 aliphatic carbocycles. The van der Waals surface area contributed by atoms with Gasteiger partial charge in [-0.15, -0.1) is 0 Å². The van der Waals surface area contributed by atoms with Gasteiger partial charge in [-0.3, -0.25) is 0 Å². The molecule has 2 rings (SSSR count). The van der Waals surface area contributed by atoms with Gasteiger partial charge in [0.25, 0.3) is 0 Å². The standard InChI is InChI=1S/C13H18FNO2/c1-8(14)9-4-10(6-13(2,3)15)12-11(5-9)16-7-17-12/h4-5,8H,6-7,15H2,1-3H3. The van der Waals surface area contributed by atoms with Crippen molar-refractivity contribution in [3.8, 4) is 11.5 Å². The summed E-state index contributed by atoms with van der Waals surface area (Å²) in [5.74, 6) is 1.32. The molecule has 1 aliphatic rings. The molecule has 0 spiro atoms. The molecule has 17 heavy (non-hydrogen) atoms. The number of rotatable bonds is 3. The summed E-state index contributed by atoms with van der Waals surface area (Å²) >= 11 is 0. The maximum absolute atomic E-state index is 13.4. The first-order valence-electron chi connectivity index (χ1n) is 5.72. The highest BCUT2D eigenvalue weighted by atomic mass is 19.1. The first-order valence-corrected chi connectivity index (χ1v) is 5.72. The smallest absolute Gasteiger partial charge is 0.231 e. The van der Waals surface area contributed by atoms with Crippen LogP contribution in [0.1, 0.15) is 38.1 Å². The molecule has 1 heterocycles. The van der Waals surface area contributed by atoms with Gasteiger partial charge in [0.05, 0.1) is 0 Å². The van der Waals surface area contributed by atoms with Crippen molar-refractivity contribution in [1.29, 1.82) is 0 Å². The molecule has 0 saturated heterocycles. The van der Waals surface area contributed by atoms with Crippen molar-refractivity contribution in [2.24, 2.45) is 5.73 Å². The predicted octanol–water partition coefficient (Wildman–Crippen LogP) is 2.73. The van der Waals surface area contributed by atoms with Gasteiger partial charge in [-0.05, 0) is 44.9 Å². The zero-order chi connectivity index (χ0) is 12.6. The number of nitrogens with two attached hydrogens (primary N) is 1. The fraction of sp³-hybridized carbons (Fsp3) is 0.538. The Morgan fingerprint density at radius 3 is 2.71 bits per heavy atom. The van der Waals surface area contributed by atoms with Gasteiger partial charge in [-0.25, -0.2) is 4.39 Å². The van der Waals surface area contributed by atoms with Gasteiger partial charge in [0.1, 0.15) is 6.17 Å². The summed E-state index contributed by atoms with van der Waals surface area (Å²) < 4.78 is 24.1. The lowest BCUT2D eigenvalue weighted by atomic mass is 9.93. The van der Waals surface area contributed by atoms with Crippen molar-refractivity contribution in [1.82, 2.24) is 0 Å². The molecular weight excluding hydrogens is 221 g/mol. The van der Waals surface area contributed by atoms with Gasteiger partial charge in [0, 0.05) is 11.1 Å². The van der Waals surface area contributed by atoms with E-state index in [1.165, 1.54) is 6.92 Å². The molecule has 0 aromatic heterocycles. The Balaban J connectivity index is 2.42. The van der Waals surface area contributed by atoms with Crippen molar-refractivity contribution in [2.45, 2.75) is 38.9 Å². The highest BCUT2D eigenvalue weighted by Crippen LogP contribution is 2.39. The van der Waals surface area contributed by atoms with Gasteiger partial charge < -0.3 is 15.2 Å². The second kappa shape index (κ2) is 4.18. The molecule has 0 saturated carbocycles. The van der Waals surface area contributed by atoms with E-state index in [4.69, 9.17) is 15.2 Å². The monoisotopic (exact) mass is 239 g/mol. The van der Waals surface area contributed by atoms with Gasteiger partial charge >= 0.3 is 0 Å². The van der Waals surface area contributed by atoms with Crippen LogP contribution in [-0.2, 0) is 6.42 Å². The highest BCUT2D eigenvalue weighted by molar-refractivity contribution is 5.51. The van der Waals surface area contributed by atoms with Crippen LogP contribution in [0.15, 0.2) is 12.1 Å². The number of ether oxygens (including phenoxy) is 2. The summed E-state index contributed by atoms with van der Waals surface area (Å²) in [6, 6.07) is 3.51. The number of hydrogen-bond donors (Lipinski definition) is 1. The molecule has 4 heteroatoms. The highest BCUT2D eigenvalue weighted by Gasteiger charge is 2.24. The second-order valence-electron chi connectivity index (χ2n) is 5.20. The molecule has 1 unspecified atom stereocenters. The van der Waals surface area contributed by atoms with Crippen molar-refractivity contribution < 1.29 is 13.9 Å². The number of halogens is 1. The summed E-state index contributed by atoms with van der Waals surface area (Å²) in [6.45, 7) is 5.56. The lowest BCUT2D eigenvalue weighted by molar-refractivity contribution is 0.173. The van der Waals surface area contributed by atoms with Crippen LogP contribution in [0.2, 0.25) is 0 Å². The van der Waals surface area contributed by atoms with Crippen LogP contribution in [0.4, 0.5) is 4.39 Å². The number of hydrogen-bond acceptors (Lipinski definition) is 3. The minimum absolute atomic E-state index is 0.192. The Morgan fingerprint density at radius 1 is 1.41 bits per heavy atom. The molecule has 2 N–H and O–H groups in total. The average molecular weight is 239 g/mol. The van der Waals surface area contributed by atoms with E-state index in [-0.39, 0.29) is 12.3 Å². The minimum Gasteiger partial charge on any atom is -0.454 e. The van der Waals surface area contributed by atoms with Crippen LogP contribution < -0.4 is 15.2 Å². The normalized spacial score (nSPS) is 16.1. The molecule has 94 valence electrons. The van der Waals surface area contributed by atoms with Crippen LogP contribution in [0.3, 0.4) is 0 Å². The van der Waals surface area contributed by atoms with Crippen LogP contribution in [0.5, 0.6) is 11.5 Å². The summed E-state index contributed by atoms with van der Waals surface area (Å²) in [5.41, 5.74) is 7.15. The lowest BCUT2D eigenvalue weighted by Crippen LogP contribution is -2.34. The summed E-state index contributed by atoms with van der Waals surface area (Å²) in [5, 5.41) is 0. The van der Waals surface area contributed by atoms with Gasteiger partial charge in [0.15, 0.2) is 11.5 Å². The van der Waals surface area contributed by atoms with Gasteiger partial charge in [-0.1, -0.05) is 0 Å². The zero-order valence-electron chi connectivity index (χ0n) is 10.4. The topological polar surface area (TPSA) is 44.5 Å². The number of benzene rings is 1. The third-order valence-electron chi connectivity index (χ3n) is 2.68. The molecule has 0 fully saturated rings. The van der Waals surface area contributed by atoms with Crippen LogP contribution in [0.25, 0.3) is 0 Å². The molecule has 1 aliphatic heterocycles. The van der Waals surface area contributed by atoms with E-state index >= 15 is 0 Å². The molecule has 0 amide bonds. The molecular formula is C13H18FNO2. The number of fused-ring (bicyclic) bond motifs is 1. The van der Waals surface area contributed by atoms with Crippen molar-refractivity contribution >= 4 is 0 Å². The Morgan fingerprint density at radius 2 is 2.12 bits per heavy atom. The van der Waals surface area contributed by atoms with E-state index < -0.39 is 6.17 Å². The Kier molecular flexibility index (Phi) is 3.00. The van der Waals surface area contributed by atoms with E-state index in [0.29, 0.717) is 23.5 Å². The summed E-state index contributed by atoms with van der Waals surface area (Å²) in [4.78, 5) is 0. The Labute approximate surface area is 101 Å². The quantitative estimate of drug-likeness (QED) is 0.882. The lowest BCUT2D eigenvalue weighted by Gasteiger charge is -2.20. The number of alkyl halides is 1. The largest absolute Gasteiger partial charge is 0.454 e. The van der Waals surface area contributed by atoms with Crippen molar-refractivity contribution in [3.05, 3.63) is 23.3 Å². The molecule has 0 bridgehead atoms. The average Bonchev–Trinajstić information content (AvgIpc) is 2.62. The molecule has 1 aromatic rings. The molecule has 1 atom stereocenters. The Hall–Kier alpha value is -1.29.